The zero-order valence-electron chi connectivity index (χ0n) is 13.0. The van der Waals surface area contributed by atoms with Crippen molar-refractivity contribution in [2.75, 3.05) is 13.1 Å². The molecule has 1 atom stereocenters. The van der Waals surface area contributed by atoms with Crippen LogP contribution in [0.3, 0.4) is 0 Å². The summed E-state index contributed by atoms with van der Waals surface area (Å²) >= 11 is 6.10. The van der Waals surface area contributed by atoms with Crippen molar-refractivity contribution in [3.8, 4) is 0 Å². The maximum absolute atomic E-state index is 13.0. The number of amides is 1. The molecule has 4 rings (SSSR count). The van der Waals surface area contributed by atoms with E-state index in [2.05, 4.69) is 4.98 Å². The van der Waals surface area contributed by atoms with Gasteiger partial charge in [-0.3, -0.25) is 14.6 Å². The summed E-state index contributed by atoms with van der Waals surface area (Å²) in [6.07, 6.45) is 2.70. The Morgan fingerprint density at radius 1 is 1.21 bits per heavy atom. The first-order valence-electron chi connectivity index (χ1n) is 8.15. The fourth-order valence-electron chi connectivity index (χ4n) is 3.30. The largest absolute Gasteiger partial charge is 0.481 e. The molecule has 24 heavy (non-hydrogen) atoms. The van der Waals surface area contributed by atoms with Gasteiger partial charge in [-0.25, -0.2) is 0 Å². The minimum atomic E-state index is -0.841. The quantitative estimate of drug-likeness (QED) is 0.927. The van der Waals surface area contributed by atoms with E-state index in [0.29, 0.717) is 29.5 Å². The third-order valence-electron chi connectivity index (χ3n) is 4.84. The van der Waals surface area contributed by atoms with Gasteiger partial charge >= 0.3 is 5.97 Å². The van der Waals surface area contributed by atoms with Crippen LogP contribution < -0.4 is 0 Å². The highest BCUT2D eigenvalue weighted by molar-refractivity contribution is 6.31. The van der Waals surface area contributed by atoms with Crippen molar-refractivity contribution < 1.29 is 14.7 Å². The van der Waals surface area contributed by atoms with Crippen molar-refractivity contribution >= 4 is 34.4 Å². The normalized spacial score (nSPS) is 20.5. The molecule has 1 saturated carbocycles. The SMILES string of the molecule is O=C(O)[C@@H]1CCN(C(=O)c2cc(C3CC3)nc3ccc(Cl)cc23)C1. The van der Waals surface area contributed by atoms with E-state index >= 15 is 0 Å². The molecule has 2 aliphatic rings. The van der Waals surface area contributed by atoms with Crippen LogP contribution >= 0.6 is 11.6 Å². The number of carboxylic acid groups (broad SMARTS) is 1. The van der Waals surface area contributed by atoms with Gasteiger partial charge in [-0.15, -0.1) is 0 Å². The van der Waals surface area contributed by atoms with Crippen molar-refractivity contribution in [3.05, 3.63) is 40.5 Å². The number of likely N-dealkylation sites (tertiary alicyclic amines) is 1. The highest BCUT2D eigenvalue weighted by Gasteiger charge is 2.33. The van der Waals surface area contributed by atoms with Crippen LogP contribution in [-0.4, -0.2) is 40.0 Å². The van der Waals surface area contributed by atoms with Crippen molar-refractivity contribution in [1.82, 2.24) is 9.88 Å². The summed E-state index contributed by atoms with van der Waals surface area (Å²) in [6.45, 7) is 0.732. The van der Waals surface area contributed by atoms with Crippen LogP contribution in [-0.2, 0) is 4.79 Å². The van der Waals surface area contributed by atoms with Gasteiger partial charge in [0.15, 0.2) is 0 Å². The van der Waals surface area contributed by atoms with E-state index in [1.807, 2.05) is 12.1 Å². The molecule has 1 aromatic heterocycles. The molecule has 1 aromatic carbocycles. The van der Waals surface area contributed by atoms with Crippen molar-refractivity contribution in [3.63, 3.8) is 0 Å². The third-order valence-corrected chi connectivity index (χ3v) is 5.08. The van der Waals surface area contributed by atoms with Gasteiger partial charge in [0, 0.05) is 35.1 Å². The second-order valence-electron chi connectivity index (χ2n) is 6.61. The van der Waals surface area contributed by atoms with Gasteiger partial charge in [0.2, 0.25) is 0 Å². The Bertz CT molecular complexity index is 848. The van der Waals surface area contributed by atoms with Crippen LogP contribution in [0.25, 0.3) is 10.9 Å². The monoisotopic (exact) mass is 344 g/mol. The standard InChI is InChI=1S/C18H17ClN2O3/c19-12-3-4-15-13(7-12)14(8-16(20-15)10-1-2-10)17(22)21-6-5-11(9-21)18(23)24/h3-4,7-8,10-11H,1-2,5-6,9H2,(H,23,24)/t11-/m1/s1. The van der Waals surface area contributed by atoms with Gasteiger partial charge in [-0.2, -0.15) is 0 Å². The van der Waals surface area contributed by atoms with Crippen LogP contribution in [0.2, 0.25) is 5.02 Å². The summed E-state index contributed by atoms with van der Waals surface area (Å²) in [6, 6.07) is 7.24. The number of nitrogens with zero attached hydrogens (tertiary/aromatic N) is 2. The maximum atomic E-state index is 13.0. The number of pyridine rings is 1. The van der Waals surface area contributed by atoms with E-state index < -0.39 is 11.9 Å². The van der Waals surface area contributed by atoms with Gasteiger partial charge in [-0.1, -0.05) is 11.6 Å². The third kappa shape index (κ3) is 2.73. The minimum Gasteiger partial charge on any atom is -0.481 e. The second-order valence-corrected chi connectivity index (χ2v) is 7.04. The molecule has 124 valence electrons. The Kier molecular flexibility index (Phi) is 3.68. The second kappa shape index (κ2) is 5.74. The number of carbonyl (C=O) groups is 2. The molecule has 0 spiro atoms. The number of carboxylic acids is 1. The summed E-state index contributed by atoms with van der Waals surface area (Å²) < 4.78 is 0. The van der Waals surface area contributed by atoms with Crippen LogP contribution in [0.4, 0.5) is 0 Å². The number of rotatable bonds is 3. The molecule has 5 nitrogen and oxygen atoms in total. The van der Waals surface area contributed by atoms with Gasteiger partial charge in [0.05, 0.1) is 17.0 Å². The summed E-state index contributed by atoms with van der Waals surface area (Å²) in [5, 5.41) is 10.4. The van der Waals surface area contributed by atoms with Gasteiger partial charge in [-0.05, 0) is 43.5 Å². The number of hydrogen-bond acceptors (Lipinski definition) is 3. The number of benzene rings is 1. The first-order chi connectivity index (χ1) is 11.5. The molecule has 1 N–H and O–H groups in total. The molecule has 2 fully saturated rings. The molecule has 0 unspecified atom stereocenters. The molecule has 2 aromatic rings. The van der Waals surface area contributed by atoms with E-state index in [0.717, 1.165) is 29.4 Å². The zero-order chi connectivity index (χ0) is 16.8. The lowest BCUT2D eigenvalue weighted by Gasteiger charge is -2.18. The van der Waals surface area contributed by atoms with Crippen molar-refractivity contribution in [2.45, 2.75) is 25.2 Å². The fourth-order valence-corrected chi connectivity index (χ4v) is 3.47. The molecular formula is C18H17ClN2O3. The van der Waals surface area contributed by atoms with Crippen LogP contribution in [0, 0.1) is 5.92 Å². The molecule has 0 bridgehead atoms. The topological polar surface area (TPSA) is 70.5 Å². The predicted molar refractivity (Wildman–Crippen MR) is 90.4 cm³/mol. The molecule has 1 saturated heterocycles. The van der Waals surface area contributed by atoms with E-state index in [4.69, 9.17) is 16.7 Å². The average Bonchev–Trinajstić information content (AvgIpc) is 3.29. The lowest BCUT2D eigenvalue weighted by Crippen LogP contribution is -2.30. The number of fused-ring (bicyclic) bond motifs is 1. The van der Waals surface area contributed by atoms with Crippen LogP contribution in [0.1, 0.15) is 41.2 Å². The minimum absolute atomic E-state index is 0.129. The fraction of sp³-hybridized carbons (Fsp3) is 0.389. The van der Waals surface area contributed by atoms with E-state index in [9.17, 15) is 9.59 Å². The average molecular weight is 345 g/mol. The van der Waals surface area contributed by atoms with E-state index in [1.165, 1.54) is 0 Å². The molecule has 2 heterocycles. The molecular weight excluding hydrogens is 328 g/mol. The molecule has 1 aliphatic heterocycles. The van der Waals surface area contributed by atoms with Gasteiger partial charge in [0.1, 0.15) is 0 Å². The first-order valence-corrected chi connectivity index (χ1v) is 8.53. The van der Waals surface area contributed by atoms with E-state index in [-0.39, 0.29) is 12.5 Å². The number of hydrogen-bond donors (Lipinski definition) is 1. The van der Waals surface area contributed by atoms with Crippen molar-refractivity contribution in [1.29, 1.82) is 0 Å². The van der Waals surface area contributed by atoms with Crippen molar-refractivity contribution in [2.24, 2.45) is 5.92 Å². The summed E-state index contributed by atoms with van der Waals surface area (Å²) in [5.41, 5.74) is 2.29. The number of aromatic nitrogens is 1. The Morgan fingerprint density at radius 2 is 2.00 bits per heavy atom. The highest BCUT2D eigenvalue weighted by atomic mass is 35.5. The molecule has 6 heteroatoms. The zero-order valence-corrected chi connectivity index (χ0v) is 13.8. The Balaban J connectivity index is 1.75. The first kappa shape index (κ1) is 15.4. The lowest BCUT2D eigenvalue weighted by molar-refractivity contribution is -0.141. The molecule has 1 aliphatic carbocycles. The number of carbonyl (C=O) groups excluding carboxylic acids is 1. The highest BCUT2D eigenvalue weighted by Crippen LogP contribution is 2.40. The number of halogens is 1. The van der Waals surface area contributed by atoms with Crippen LogP contribution in [0.5, 0.6) is 0 Å². The number of aliphatic carboxylic acids is 1. The maximum Gasteiger partial charge on any atom is 0.308 e. The van der Waals surface area contributed by atoms with Crippen LogP contribution in [0.15, 0.2) is 24.3 Å². The van der Waals surface area contributed by atoms with Gasteiger partial charge < -0.3 is 10.0 Å². The Morgan fingerprint density at radius 3 is 2.67 bits per heavy atom. The Labute approximate surface area is 144 Å². The summed E-state index contributed by atoms with van der Waals surface area (Å²) in [4.78, 5) is 30.4. The predicted octanol–water partition coefficient (Wildman–Crippen LogP) is 3.31. The molecule has 1 amide bonds. The molecule has 0 radical (unpaired) electrons. The summed E-state index contributed by atoms with van der Waals surface area (Å²) in [7, 11) is 0. The summed E-state index contributed by atoms with van der Waals surface area (Å²) in [5.74, 6) is -1.02. The lowest BCUT2D eigenvalue weighted by atomic mass is 10.0. The smallest absolute Gasteiger partial charge is 0.308 e. The van der Waals surface area contributed by atoms with E-state index in [1.54, 1.807) is 17.0 Å². The Hall–Kier alpha value is -2.14. The van der Waals surface area contributed by atoms with Gasteiger partial charge in [0.25, 0.3) is 5.91 Å².